The van der Waals surface area contributed by atoms with Crippen molar-refractivity contribution in [1.29, 1.82) is 0 Å². The molecule has 0 atom stereocenters. The summed E-state index contributed by atoms with van der Waals surface area (Å²) in [5, 5.41) is 16.4. The van der Waals surface area contributed by atoms with Crippen molar-refractivity contribution in [1.82, 2.24) is 25.1 Å². The molecule has 3 rings (SSSR count). The first kappa shape index (κ1) is 17.1. The lowest BCUT2D eigenvalue weighted by molar-refractivity contribution is 0.0937. The summed E-state index contributed by atoms with van der Waals surface area (Å²) in [6, 6.07) is 3.33. The maximum absolute atomic E-state index is 12.2. The summed E-state index contributed by atoms with van der Waals surface area (Å²) in [6.45, 7) is 7.83. The number of carbonyl (C=O) groups is 1. The number of nitrogens with zero attached hydrogens (tertiary/aromatic N) is 4. The van der Waals surface area contributed by atoms with Gasteiger partial charge in [0.25, 0.3) is 5.91 Å². The molecular weight excluding hydrogens is 338 g/mol. The van der Waals surface area contributed by atoms with Gasteiger partial charge in [-0.25, -0.2) is 0 Å². The standard InChI is InChI=1S/C17H19N5O2S/c1-5-13(18-15(23)14-7-6-8-24-14)10(2)9-11(3)16-21-22-12(4)19-20-17(22)25-16/h6-9H,5H2,1-4H3,(H,18,23)/b11-9+,13-10+. The van der Waals surface area contributed by atoms with Crippen LogP contribution in [0.4, 0.5) is 0 Å². The lowest BCUT2D eigenvalue weighted by Crippen LogP contribution is -2.22. The van der Waals surface area contributed by atoms with Gasteiger partial charge in [-0.15, -0.1) is 10.2 Å². The number of nitrogens with one attached hydrogen (secondary N) is 1. The van der Waals surface area contributed by atoms with Crippen LogP contribution in [0.2, 0.25) is 0 Å². The number of hydrogen-bond acceptors (Lipinski definition) is 6. The van der Waals surface area contributed by atoms with Gasteiger partial charge >= 0.3 is 0 Å². The number of furan rings is 1. The van der Waals surface area contributed by atoms with Crippen molar-refractivity contribution in [3.8, 4) is 0 Å². The molecule has 0 aliphatic carbocycles. The lowest BCUT2D eigenvalue weighted by atomic mass is 10.1. The number of aromatic nitrogens is 4. The first-order valence-corrected chi connectivity index (χ1v) is 8.73. The summed E-state index contributed by atoms with van der Waals surface area (Å²) in [4.78, 5) is 12.9. The Morgan fingerprint density at radius 1 is 1.40 bits per heavy atom. The van der Waals surface area contributed by atoms with Crippen molar-refractivity contribution in [2.75, 3.05) is 0 Å². The van der Waals surface area contributed by atoms with Crippen molar-refractivity contribution in [2.24, 2.45) is 0 Å². The second-order valence-electron chi connectivity index (χ2n) is 5.62. The van der Waals surface area contributed by atoms with E-state index in [1.807, 2.05) is 33.8 Å². The maximum Gasteiger partial charge on any atom is 0.291 e. The molecule has 7 nitrogen and oxygen atoms in total. The molecule has 1 N–H and O–H groups in total. The number of allylic oxidation sites excluding steroid dienone is 4. The van der Waals surface area contributed by atoms with Crippen molar-refractivity contribution < 1.29 is 9.21 Å². The number of amides is 1. The largest absolute Gasteiger partial charge is 0.459 e. The number of fused-ring (bicyclic) bond motifs is 1. The fraction of sp³-hybridized carbons (Fsp3) is 0.294. The molecule has 130 valence electrons. The van der Waals surface area contributed by atoms with E-state index in [4.69, 9.17) is 4.42 Å². The van der Waals surface area contributed by atoms with Crippen LogP contribution in [0.5, 0.6) is 0 Å². The second-order valence-corrected chi connectivity index (χ2v) is 6.58. The third kappa shape index (κ3) is 3.53. The molecule has 3 aromatic heterocycles. The van der Waals surface area contributed by atoms with Gasteiger partial charge in [0.1, 0.15) is 5.01 Å². The van der Waals surface area contributed by atoms with E-state index in [1.54, 1.807) is 16.6 Å². The smallest absolute Gasteiger partial charge is 0.291 e. The van der Waals surface area contributed by atoms with E-state index >= 15 is 0 Å². The van der Waals surface area contributed by atoms with Gasteiger partial charge in [0.2, 0.25) is 4.96 Å². The van der Waals surface area contributed by atoms with Crippen LogP contribution >= 0.6 is 11.3 Å². The summed E-state index contributed by atoms with van der Waals surface area (Å²) in [5.41, 5.74) is 2.83. The lowest BCUT2D eigenvalue weighted by Gasteiger charge is -2.09. The monoisotopic (exact) mass is 357 g/mol. The van der Waals surface area contributed by atoms with Gasteiger partial charge in [0.05, 0.1) is 6.26 Å². The van der Waals surface area contributed by atoms with Gasteiger partial charge in [0.15, 0.2) is 11.6 Å². The fourth-order valence-electron chi connectivity index (χ4n) is 2.42. The molecule has 0 spiro atoms. The minimum absolute atomic E-state index is 0.248. The van der Waals surface area contributed by atoms with E-state index in [9.17, 15) is 4.79 Å². The average Bonchev–Trinajstić information content (AvgIpc) is 3.31. The first-order valence-electron chi connectivity index (χ1n) is 7.91. The summed E-state index contributed by atoms with van der Waals surface area (Å²) < 4.78 is 6.86. The molecule has 0 bridgehead atoms. The Labute approximate surface area is 149 Å². The highest BCUT2D eigenvalue weighted by atomic mass is 32.1. The molecule has 0 unspecified atom stereocenters. The van der Waals surface area contributed by atoms with E-state index in [1.165, 1.54) is 17.6 Å². The van der Waals surface area contributed by atoms with E-state index in [-0.39, 0.29) is 5.91 Å². The molecule has 0 saturated heterocycles. The Hall–Kier alpha value is -2.74. The highest BCUT2D eigenvalue weighted by molar-refractivity contribution is 7.17. The molecule has 1 amide bonds. The minimum atomic E-state index is -0.248. The minimum Gasteiger partial charge on any atom is -0.459 e. The zero-order chi connectivity index (χ0) is 18.0. The average molecular weight is 357 g/mol. The number of rotatable bonds is 5. The zero-order valence-corrected chi connectivity index (χ0v) is 15.3. The van der Waals surface area contributed by atoms with Crippen molar-refractivity contribution >= 4 is 27.8 Å². The third-order valence-corrected chi connectivity index (χ3v) is 4.79. The van der Waals surface area contributed by atoms with Crippen LogP contribution in [0.3, 0.4) is 0 Å². The number of aryl methyl sites for hydroxylation is 1. The zero-order valence-electron chi connectivity index (χ0n) is 14.5. The fourth-order valence-corrected chi connectivity index (χ4v) is 3.28. The predicted octanol–water partition coefficient (Wildman–Crippen LogP) is 3.60. The Balaban J connectivity index is 1.85. The number of carbonyl (C=O) groups excluding carboxylic acids is 1. The SMILES string of the molecule is CC/C(NC(=O)c1ccco1)=C(C)\C=C(/C)c1nn2c(C)nnc2s1. The molecule has 8 heteroatoms. The van der Waals surface area contributed by atoms with Gasteiger partial charge < -0.3 is 9.73 Å². The normalized spacial score (nSPS) is 13.2. The topological polar surface area (TPSA) is 85.3 Å². The second kappa shape index (κ2) is 7.02. The molecular formula is C17H19N5O2S. The molecule has 3 aromatic rings. The summed E-state index contributed by atoms with van der Waals surface area (Å²) >= 11 is 1.48. The Kier molecular flexibility index (Phi) is 4.80. The molecule has 0 aromatic carbocycles. The van der Waals surface area contributed by atoms with Crippen LogP contribution in [0, 0.1) is 6.92 Å². The maximum atomic E-state index is 12.2. The molecule has 0 radical (unpaired) electrons. The highest BCUT2D eigenvalue weighted by Gasteiger charge is 2.12. The summed E-state index contributed by atoms with van der Waals surface area (Å²) in [7, 11) is 0. The van der Waals surface area contributed by atoms with Crippen LogP contribution in [-0.2, 0) is 0 Å². The van der Waals surface area contributed by atoms with Gasteiger partial charge in [0, 0.05) is 5.70 Å². The van der Waals surface area contributed by atoms with Crippen molar-refractivity contribution in [2.45, 2.75) is 34.1 Å². The molecule has 0 aliphatic rings. The van der Waals surface area contributed by atoms with Crippen LogP contribution in [0.25, 0.3) is 10.5 Å². The molecule has 0 fully saturated rings. The van der Waals surface area contributed by atoms with Crippen LogP contribution < -0.4 is 5.32 Å². The third-order valence-electron chi connectivity index (χ3n) is 3.76. The Bertz CT molecular complexity index is 963. The van der Waals surface area contributed by atoms with Crippen LogP contribution in [-0.4, -0.2) is 25.7 Å². The van der Waals surface area contributed by atoms with E-state index in [0.717, 1.165) is 32.6 Å². The van der Waals surface area contributed by atoms with Gasteiger partial charge in [-0.2, -0.15) is 9.61 Å². The van der Waals surface area contributed by atoms with Crippen molar-refractivity contribution in [3.63, 3.8) is 0 Å². The van der Waals surface area contributed by atoms with Gasteiger partial charge in [-0.1, -0.05) is 24.3 Å². The molecule has 0 aliphatic heterocycles. The molecule has 25 heavy (non-hydrogen) atoms. The molecule has 0 saturated carbocycles. The Morgan fingerprint density at radius 2 is 2.20 bits per heavy atom. The Morgan fingerprint density at radius 3 is 2.84 bits per heavy atom. The molecule has 3 heterocycles. The summed E-state index contributed by atoms with van der Waals surface area (Å²) in [6.07, 6.45) is 4.20. The first-order chi connectivity index (χ1) is 12.0. The highest BCUT2D eigenvalue weighted by Crippen LogP contribution is 2.23. The van der Waals surface area contributed by atoms with E-state index in [0.29, 0.717) is 12.2 Å². The van der Waals surface area contributed by atoms with Crippen LogP contribution in [0.15, 0.2) is 40.2 Å². The number of hydrogen-bond donors (Lipinski definition) is 1. The van der Waals surface area contributed by atoms with Gasteiger partial charge in [-0.05, 0) is 50.5 Å². The quantitative estimate of drug-likeness (QED) is 0.705. The van der Waals surface area contributed by atoms with Crippen LogP contribution in [0.1, 0.15) is 48.6 Å². The van der Waals surface area contributed by atoms with Gasteiger partial charge in [-0.3, -0.25) is 4.79 Å². The predicted molar refractivity (Wildman–Crippen MR) is 96.2 cm³/mol. The van der Waals surface area contributed by atoms with E-state index < -0.39 is 0 Å². The van der Waals surface area contributed by atoms with Crippen molar-refractivity contribution in [3.05, 3.63) is 52.3 Å². The van der Waals surface area contributed by atoms with E-state index in [2.05, 4.69) is 20.6 Å². The summed E-state index contributed by atoms with van der Waals surface area (Å²) in [5.74, 6) is 0.808.